The van der Waals surface area contributed by atoms with Gasteiger partial charge < -0.3 is 10.2 Å². The normalized spacial score (nSPS) is 23.5. The molecule has 0 saturated heterocycles. The predicted octanol–water partition coefficient (Wildman–Crippen LogP) is 0.882. The van der Waals surface area contributed by atoms with Gasteiger partial charge in [0.1, 0.15) is 0 Å². The second-order valence-electron chi connectivity index (χ2n) is 2.97. The summed E-state index contributed by atoms with van der Waals surface area (Å²) in [5.74, 6) is -1.36. The standard InChI is InChI=1S/C8H10O4/c9-6-1-5(3-8(11)12)2-7(10)4-6/h4-5,9H,1-3H2,(H,11,12). The van der Waals surface area contributed by atoms with Gasteiger partial charge in [-0.1, -0.05) is 0 Å². The van der Waals surface area contributed by atoms with Gasteiger partial charge in [0.15, 0.2) is 5.78 Å². The van der Waals surface area contributed by atoms with E-state index >= 15 is 0 Å². The first kappa shape index (κ1) is 8.77. The van der Waals surface area contributed by atoms with E-state index in [0.717, 1.165) is 0 Å². The third-order valence-electron chi connectivity index (χ3n) is 1.78. The van der Waals surface area contributed by atoms with Crippen LogP contribution in [0.1, 0.15) is 19.3 Å². The van der Waals surface area contributed by atoms with E-state index in [-0.39, 0.29) is 30.3 Å². The van der Waals surface area contributed by atoms with Gasteiger partial charge in [-0.2, -0.15) is 0 Å². The van der Waals surface area contributed by atoms with Crippen LogP contribution in [0.25, 0.3) is 0 Å². The maximum atomic E-state index is 10.8. The number of ketones is 1. The highest BCUT2D eigenvalue weighted by Crippen LogP contribution is 2.23. The summed E-state index contributed by atoms with van der Waals surface area (Å²) in [6.07, 6.45) is 1.65. The quantitative estimate of drug-likeness (QED) is 0.645. The van der Waals surface area contributed by atoms with E-state index in [1.54, 1.807) is 0 Å². The number of aliphatic hydroxyl groups is 1. The third kappa shape index (κ3) is 2.38. The first-order chi connectivity index (χ1) is 5.58. The van der Waals surface area contributed by atoms with Gasteiger partial charge >= 0.3 is 5.97 Å². The summed E-state index contributed by atoms with van der Waals surface area (Å²) in [7, 11) is 0. The molecule has 66 valence electrons. The number of rotatable bonds is 2. The van der Waals surface area contributed by atoms with E-state index in [1.807, 2.05) is 0 Å². The second-order valence-corrected chi connectivity index (χ2v) is 2.97. The summed E-state index contributed by atoms with van der Waals surface area (Å²) >= 11 is 0. The zero-order valence-electron chi connectivity index (χ0n) is 6.49. The average Bonchev–Trinajstić information content (AvgIpc) is 1.81. The number of hydrogen-bond donors (Lipinski definition) is 2. The third-order valence-corrected chi connectivity index (χ3v) is 1.78. The van der Waals surface area contributed by atoms with Gasteiger partial charge in [-0.05, 0) is 5.92 Å². The molecule has 1 aliphatic carbocycles. The molecule has 0 fully saturated rings. The van der Waals surface area contributed by atoms with Gasteiger partial charge in [-0.3, -0.25) is 9.59 Å². The van der Waals surface area contributed by atoms with Crippen molar-refractivity contribution < 1.29 is 19.8 Å². The Labute approximate surface area is 69.5 Å². The molecule has 0 saturated carbocycles. The first-order valence-corrected chi connectivity index (χ1v) is 3.72. The van der Waals surface area contributed by atoms with Crippen molar-refractivity contribution in [3.63, 3.8) is 0 Å². The van der Waals surface area contributed by atoms with Crippen LogP contribution in [0.4, 0.5) is 0 Å². The molecule has 0 bridgehead atoms. The highest BCUT2D eigenvalue weighted by Gasteiger charge is 2.22. The molecule has 2 N–H and O–H groups in total. The number of allylic oxidation sites excluding steroid dienone is 2. The van der Waals surface area contributed by atoms with Crippen molar-refractivity contribution in [2.75, 3.05) is 0 Å². The molecule has 1 atom stereocenters. The van der Waals surface area contributed by atoms with E-state index in [4.69, 9.17) is 10.2 Å². The van der Waals surface area contributed by atoms with Crippen molar-refractivity contribution in [2.45, 2.75) is 19.3 Å². The van der Waals surface area contributed by atoms with E-state index in [0.29, 0.717) is 6.42 Å². The van der Waals surface area contributed by atoms with Crippen LogP contribution in [0, 0.1) is 5.92 Å². The highest BCUT2D eigenvalue weighted by molar-refractivity contribution is 5.91. The maximum absolute atomic E-state index is 10.8. The minimum atomic E-state index is -0.928. The van der Waals surface area contributed by atoms with Crippen LogP contribution in [0.5, 0.6) is 0 Å². The van der Waals surface area contributed by atoms with Crippen molar-refractivity contribution in [3.05, 3.63) is 11.8 Å². The lowest BCUT2D eigenvalue weighted by Gasteiger charge is -2.16. The molecule has 0 aromatic heterocycles. The topological polar surface area (TPSA) is 74.6 Å². The van der Waals surface area contributed by atoms with E-state index < -0.39 is 5.97 Å². The van der Waals surface area contributed by atoms with Crippen LogP contribution in [-0.4, -0.2) is 22.0 Å². The van der Waals surface area contributed by atoms with Gasteiger partial charge in [-0.15, -0.1) is 0 Å². The number of carbonyl (C=O) groups excluding carboxylic acids is 1. The fourth-order valence-electron chi connectivity index (χ4n) is 1.35. The number of aliphatic hydroxyl groups excluding tert-OH is 1. The van der Waals surface area contributed by atoms with E-state index in [9.17, 15) is 9.59 Å². The summed E-state index contributed by atoms with van der Waals surface area (Å²) in [5.41, 5.74) is 0. The lowest BCUT2D eigenvalue weighted by molar-refractivity contribution is -0.138. The molecule has 0 aliphatic heterocycles. The van der Waals surface area contributed by atoms with Gasteiger partial charge in [0.2, 0.25) is 0 Å². The van der Waals surface area contributed by atoms with Crippen LogP contribution in [-0.2, 0) is 9.59 Å². The molecule has 1 aliphatic rings. The average molecular weight is 170 g/mol. The molecule has 0 radical (unpaired) electrons. The minimum Gasteiger partial charge on any atom is -0.512 e. The SMILES string of the molecule is O=C(O)CC1CC(=O)C=C(O)C1. The van der Waals surface area contributed by atoms with Crippen LogP contribution < -0.4 is 0 Å². The molecule has 0 heterocycles. The molecule has 0 amide bonds. The van der Waals surface area contributed by atoms with Gasteiger partial charge in [0.25, 0.3) is 0 Å². The van der Waals surface area contributed by atoms with Crippen molar-refractivity contribution in [1.82, 2.24) is 0 Å². The highest BCUT2D eigenvalue weighted by atomic mass is 16.4. The Morgan fingerprint density at radius 3 is 2.75 bits per heavy atom. The number of carboxylic acids is 1. The zero-order chi connectivity index (χ0) is 9.14. The summed E-state index contributed by atoms with van der Waals surface area (Å²) in [4.78, 5) is 21.1. The smallest absolute Gasteiger partial charge is 0.303 e. The fraction of sp³-hybridized carbons (Fsp3) is 0.500. The van der Waals surface area contributed by atoms with Crippen molar-refractivity contribution in [1.29, 1.82) is 0 Å². The van der Waals surface area contributed by atoms with Crippen LogP contribution in [0.15, 0.2) is 11.8 Å². The van der Waals surface area contributed by atoms with Crippen molar-refractivity contribution >= 4 is 11.8 Å². The van der Waals surface area contributed by atoms with Crippen LogP contribution in [0.3, 0.4) is 0 Å². The second kappa shape index (κ2) is 3.38. The van der Waals surface area contributed by atoms with Gasteiger partial charge in [0.05, 0.1) is 5.76 Å². The lowest BCUT2D eigenvalue weighted by Crippen LogP contribution is -2.17. The molecular formula is C8H10O4. The molecule has 1 rings (SSSR count). The Morgan fingerprint density at radius 1 is 1.58 bits per heavy atom. The van der Waals surface area contributed by atoms with Crippen LogP contribution >= 0.6 is 0 Å². The number of hydrogen-bond acceptors (Lipinski definition) is 3. The first-order valence-electron chi connectivity index (χ1n) is 3.72. The Morgan fingerprint density at radius 2 is 2.25 bits per heavy atom. The van der Waals surface area contributed by atoms with Gasteiger partial charge in [0, 0.05) is 25.3 Å². The summed E-state index contributed by atoms with van der Waals surface area (Å²) < 4.78 is 0. The molecule has 0 spiro atoms. The largest absolute Gasteiger partial charge is 0.512 e. The molecule has 0 aromatic carbocycles. The summed E-state index contributed by atoms with van der Waals surface area (Å²) in [6, 6.07) is 0. The van der Waals surface area contributed by atoms with Crippen LogP contribution in [0.2, 0.25) is 0 Å². The van der Waals surface area contributed by atoms with E-state index in [2.05, 4.69) is 0 Å². The Balaban J connectivity index is 2.55. The zero-order valence-corrected chi connectivity index (χ0v) is 6.49. The Hall–Kier alpha value is -1.32. The minimum absolute atomic E-state index is 0.00231. The number of carbonyl (C=O) groups is 2. The molecular weight excluding hydrogens is 160 g/mol. The predicted molar refractivity (Wildman–Crippen MR) is 40.7 cm³/mol. The monoisotopic (exact) mass is 170 g/mol. The lowest BCUT2D eigenvalue weighted by atomic mass is 9.90. The Bertz CT molecular complexity index is 241. The van der Waals surface area contributed by atoms with Crippen molar-refractivity contribution in [3.8, 4) is 0 Å². The van der Waals surface area contributed by atoms with Crippen molar-refractivity contribution in [2.24, 2.45) is 5.92 Å². The molecule has 4 heteroatoms. The number of carboxylic acid groups (broad SMARTS) is 1. The van der Waals surface area contributed by atoms with E-state index in [1.165, 1.54) is 6.08 Å². The summed E-state index contributed by atoms with van der Waals surface area (Å²) in [6.45, 7) is 0. The Kier molecular flexibility index (Phi) is 2.47. The van der Waals surface area contributed by atoms with Gasteiger partial charge in [-0.25, -0.2) is 0 Å². The summed E-state index contributed by atoms with van der Waals surface area (Å²) in [5, 5.41) is 17.4. The fourth-order valence-corrected chi connectivity index (χ4v) is 1.35. The molecule has 0 aromatic rings. The molecule has 1 unspecified atom stereocenters. The maximum Gasteiger partial charge on any atom is 0.303 e. The number of aliphatic carboxylic acids is 1. The molecule has 12 heavy (non-hydrogen) atoms. The molecule has 4 nitrogen and oxygen atoms in total.